The van der Waals surface area contributed by atoms with Gasteiger partial charge in [0.1, 0.15) is 6.61 Å². The maximum atomic E-state index is 10.9. The number of aliphatic carboxylic acids is 1. The number of carboxylic acids is 1. The van der Waals surface area contributed by atoms with Crippen molar-refractivity contribution < 1.29 is 24.5 Å². The molecule has 0 spiro atoms. The molecule has 0 saturated heterocycles. The van der Waals surface area contributed by atoms with Crippen LogP contribution in [-0.4, -0.2) is 54.5 Å². The maximum absolute atomic E-state index is 10.9. The second-order valence-corrected chi connectivity index (χ2v) is 2.91. The maximum Gasteiger partial charge on any atom is 0.320 e. The highest BCUT2D eigenvalue weighted by Crippen LogP contribution is 1.90. The van der Waals surface area contributed by atoms with Gasteiger partial charge in [0.2, 0.25) is 0 Å². The Hall–Kier alpha value is -1.18. The molecule has 0 bridgehead atoms. The van der Waals surface area contributed by atoms with Crippen LogP contribution in [0.3, 0.4) is 0 Å². The quantitative estimate of drug-likeness (QED) is 0.346. The summed E-state index contributed by atoms with van der Waals surface area (Å²) >= 11 is 0. The van der Waals surface area contributed by atoms with Gasteiger partial charge in [-0.2, -0.15) is 0 Å². The van der Waals surface area contributed by atoms with Gasteiger partial charge in [0, 0.05) is 0 Å². The van der Waals surface area contributed by atoms with E-state index in [9.17, 15) is 9.59 Å². The summed E-state index contributed by atoms with van der Waals surface area (Å²) in [7, 11) is 0. The van der Waals surface area contributed by atoms with Crippen molar-refractivity contribution in [2.75, 3.05) is 26.2 Å². The van der Waals surface area contributed by atoms with E-state index < -0.39 is 18.0 Å². The Morgan fingerprint density at radius 2 is 2.07 bits per heavy atom. The third kappa shape index (κ3) is 9.13. The van der Waals surface area contributed by atoms with Crippen LogP contribution in [0.5, 0.6) is 0 Å². The van der Waals surface area contributed by atoms with E-state index in [1.54, 1.807) is 0 Å². The lowest BCUT2D eigenvalue weighted by Gasteiger charge is -2.09. The number of rotatable bonds is 8. The highest BCUT2D eigenvalue weighted by atomic mass is 16.5. The van der Waals surface area contributed by atoms with Crippen molar-refractivity contribution >= 4 is 11.9 Å². The molecule has 5 N–H and O–H groups in total. The van der Waals surface area contributed by atoms with E-state index in [4.69, 9.17) is 15.9 Å². The zero-order valence-corrected chi connectivity index (χ0v) is 8.31. The van der Waals surface area contributed by atoms with Crippen molar-refractivity contribution in [1.82, 2.24) is 5.32 Å². The van der Waals surface area contributed by atoms with E-state index in [0.29, 0.717) is 13.0 Å². The summed E-state index contributed by atoms with van der Waals surface area (Å²) in [5.41, 5.74) is 5.17. The number of ether oxygens (including phenoxy) is 1. The molecule has 0 fully saturated rings. The van der Waals surface area contributed by atoms with Crippen molar-refractivity contribution in [2.45, 2.75) is 12.5 Å². The SMILES string of the molecule is NCCC(O)COC(=O)CNCC(=O)O. The summed E-state index contributed by atoms with van der Waals surface area (Å²) in [5, 5.41) is 19.7. The molecule has 0 saturated carbocycles. The number of esters is 1. The first kappa shape index (κ1) is 13.8. The number of carbonyl (C=O) groups is 2. The molecule has 0 aliphatic rings. The molecule has 0 heterocycles. The Balaban J connectivity index is 3.44. The van der Waals surface area contributed by atoms with E-state index in [1.807, 2.05) is 0 Å². The summed E-state index contributed by atoms with van der Waals surface area (Å²) in [6, 6.07) is 0. The van der Waals surface area contributed by atoms with Crippen molar-refractivity contribution in [1.29, 1.82) is 0 Å². The minimum atomic E-state index is -1.05. The van der Waals surface area contributed by atoms with Gasteiger partial charge in [-0.1, -0.05) is 0 Å². The lowest BCUT2D eigenvalue weighted by atomic mass is 10.3. The first-order valence-corrected chi connectivity index (χ1v) is 4.52. The minimum Gasteiger partial charge on any atom is -0.480 e. The molecule has 0 aromatic carbocycles. The number of nitrogens with two attached hydrogens (primary N) is 1. The fourth-order valence-corrected chi connectivity index (χ4v) is 0.787. The van der Waals surface area contributed by atoms with E-state index in [2.05, 4.69) is 10.1 Å². The van der Waals surface area contributed by atoms with Gasteiger partial charge in [0.05, 0.1) is 19.2 Å². The Labute approximate surface area is 87.2 Å². The zero-order chi connectivity index (χ0) is 11.7. The summed E-state index contributed by atoms with van der Waals surface area (Å²) in [4.78, 5) is 21.0. The van der Waals surface area contributed by atoms with Crippen molar-refractivity contribution in [3.63, 3.8) is 0 Å². The first-order valence-electron chi connectivity index (χ1n) is 4.52. The lowest BCUT2D eigenvalue weighted by Crippen LogP contribution is -2.31. The summed E-state index contributed by atoms with van der Waals surface area (Å²) in [6.45, 7) is -0.303. The number of carboxylic acid groups (broad SMARTS) is 1. The molecule has 0 aromatic heterocycles. The van der Waals surface area contributed by atoms with Crippen LogP contribution in [0.2, 0.25) is 0 Å². The Kier molecular flexibility index (Phi) is 7.51. The monoisotopic (exact) mass is 220 g/mol. The minimum absolute atomic E-state index is 0.120. The first-order chi connectivity index (χ1) is 7.06. The smallest absolute Gasteiger partial charge is 0.320 e. The Morgan fingerprint density at radius 3 is 2.60 bits per heavy atom. The predicted molar refractivity (Wildman–Crippen MR) is 51.1 cm³/mol. The molecule has 1 atom stereocenters. The van der Waals surface area contributed by atoms with Gasteiger partial charge in [0.25, 0.3) is 0 Å². The van der Waals surface area contributed by atoms with Crippen LogP contribution in [0.1, 0.15) is 6.42 Å². The Morgan fingerprint density at radius 1 is 1.40 bits per heavy atom. The molecule has 0 amide bonds. The summed E-state index contributed by atoms with van der Waals surface area (Å²) in [6.07, 6.45) is -0.408. The van der Waals surface area contributed by atoms with Crippen LogP contribution in [-0.2, 0) is 14.3 Å². The number of nitrogens with one attached hydrogen (secondary N) is 1. The van der Waals surface area contributed by atoms with Crippen LogP contribution in [0.4, 0.5) is 0 Å². The molecule has 0 rings (SSSR count). The number of aliphatic hydroxyl groups excluding tert-OH is 1. The molecule has 0 aliphatic carbocycles. The van der Waals surface area contributed by atoms with Crippen LogP contribution < -0.4 is 11.1 Å². The molecule has 0 aliphatic heterocycles. The highest BCUT2D eigenvalue weighted by Gasteiger charge is 2.08. The Bertz CT molecular complexity index is 209. The number of hydrogen-bond acceptors (Lipinski definition) is 6. The second kappa shape index (κ2) is 8.16. The molecular formula is C8H16N2O5. The average molecular weight is 220 g/mol. The van der Waals surface area contributed by atoms with Crippen molar-refractivity contribution in [3.8, 4) is 0 Å². The highest BCUT2D eigenvalue weighted by molar-refractivity contribution is 5.73. The van der Waals surface area contributed by atoms with Gasteiger partial charge in [-0.3, -0.25) is 14.9 Å². The van der Waals surface area contributed by atoms with Gasteiger partial charge in [-0.25, -0.2) is 0 Å². The molecule has 15 heavy (non-hydrogen) atoms. The fourth-order valence-electron chi connectivity index (χ4n) is 0.787. The number of aliphatic hydroxyl groups is 1. The topological polar surface area (TPSA) is 122 Å². The van der Waals surface area contributed by atoms with Gasteiger partial charge in [0.15, 0.2) is 0 Å². The van der Waals surface area contributed by atoms with Crippen molar-refractivity contribution in [3.05, 3.63) is 0 Å². The summed E-state index contributed by atoms with van der Waals surface area (Å²) < 4.78 is 4.64. The number of hydrogen-bond donors (Lipinski definition) is 4. The average Bonchev–Trinajstić information content (AvgIpc) is 2.14. The van der Waals surface area contributed by atoms with E-state index >= 15 is 0 Å². The predicted octanol–water partition coefficient (Wildman–Crippen LogP) is -2.09. The van der Waals surface area contributed by atoms with E-state index in [0.717, 1.165) is 0 Å². The van der Waals surface area contributed by atoms with Crippen LogP contribution in [0, 0.1) is 0 Å². The van der Waals surface area contributed by atoms with Gasteiger partial charge < -0.3 is 20.7 Å². The van der Waals surface area contributed by atoms with Crippen LogP contribution in [0.15, 0.2) is 0 Å². The fraction of sp³-hybridized carbons (Fsp3) is 0.750. The van der Waals surface area contributed by atoms with Gasteiger partial charge in [-0.05, 0) is 13.0 Å². The van der Waals surface area contributed by atoms with Crippen LogP contribution in [0.25, 0.3) is 0 Å². The third-order valence-corrected chi connectivity index (χ3v) is 1.48. The van der Waals surface area contributed by atoms with E-state index in [1.165, 1.54) is 0 Å². The molecule has 0 radical (unpaired) electrons. The molecule has 0 aromatic rings. The lowest BCUT2D eigenvalue weighted by molar-refractivity contribution is -0.145. The molecular weight excluding hydrogens is 204 g/mol. The third-order valence-electron chi connectivity index (χ3n) is 1.48. The summed E-state index contributed by atoms with van der Waals surface area (Å²) in [5.74, 6) is -1.65. The molecule has 88 valence electrons. The van der Waals surface area contributed by atoms with Crippen LogP contribution >= 0.6 is 0 Å². The van der Waals surface area contributed by atoms with Gasteiger partial charge >= 0.3 is 11.9 Å². The van der Waals surface area contributed by atoms with Crippen molar-refractivity contribution in [2.24, 2.45) is 5.73 Å². The molecule has 1 unspecified atom stereocenters. The van der Waals surface area contributed by atoms with E-state index in [-0.39, 0.29) is 19.7 Å². The standard InChI is InChI=1S/C8H16N2O5/c9-2-1-6(11)5-15-8(14)4-10-3-7(12)13/h6,10-11H,1-5,9H2,(H,12,13). The normalized spacial score (nSPS) is 12.1. The second-order valence-electron chi connectivity index (χ2n) is 2.91. The number of carbonyl (C=O) groups excluding carboxylic acids is 1. The van der Waals surface area contributed by atoms with Gasteiger partial charge in [-0.15, -0.1) is 0 Å². The largest absolute Gasteiger partial charge is 0.480 e. The zero-order valence-electron chi connectivity index (χ0n) is 8.31. The molecule has 7 heteroatoms. The molecule has 7 nitrogen and oxygen atoms in total.